The number of nitrogens with one attached hydrogen (secondary N) is 1. The number of halogens is 1. The molecule has 0 fully saturated rings. The molecule has 120 valence electrons. The third-order valence-electron chi connectivity index (χ3n) is 2.97. The number of carbonyl (C=O) groups excluding carboxylic acids is 2. The van der Waals surface area contributed by atoms with E-state index in [0.717, 1.165) is 0 Å². The fraction of sp³-hybridized carbons (Fsp3) is 0.357. The number of nitrogens with two attached hydrogens (primary N) is 1. The molecule has 22 heavy (non-hydrogen) atoms. The van der Waals surface area contributed by atoms with Gasteiger partial charge in [-0.25, -0.2) is 5.01 Å². The molecule has 0 saturated heterocycles. The number of anilines is 1. The predicted molar refractivity (Wildman–Crippen MR) is 86.3 cm³/mol. The molecule has 1 aliphatic heterocycles. The van der Waals surface area contributed by atoms with Crippen LogP contribution in [0.25, 0.3) is 0 Å². The van der Waals surface area contributed by atoms with Crippen molar-refractivity contribution in [3.8, 4) is 5.75 Å². The first kappa shape index (κ1) is 17.9. The summed E-state index contributed by atoms with van der Waals surface area (Å²) in [6.07, 6.45) is 0.654. The van der Waals surface area contributed by atoms with Gasteiger partial charge in [0.05, 0.1) is 0 Å². The SMILES string of the molecule is CN1N=C(C(=O)Nc2ccc(OCCN)cc2)CCC1=O.Cl. The van der Waals surface area contributed by atoms with Gasteiger partial charge in [0.15, 0.2) is 0 Å². The van der Waals surface area contributed by atoms with E-state index in [9.17, 15) is 9.59 Å². The molecule has 1 heterocycles. The minimum absolute atomic E-state index is 0. The first-order chi connectivity index (χ1) is 10.1. The van der Waals surface area contributed by atoms with Gasteiger partial charge in [-0.2, -0.15) is 5.10 Å². The molecule has 0 spiro atoms. The standard InChI is InChI=1S/C14H18N4O3.ClH/c1-18-13(19)7-6-12(17-18)14(20)16-10-2-4-11(5-3-10)21-9-8-15;/h2-5H,6-9,15H2,1H3,(H,16,20);1H. The lowest BCUT2D eigenvalue weighted by Gasteiger charge is -2.18. The Morgan fingerprint density at radius 3 is 2.64 bits per heavy atom. The summed E-state index contributed by atoms with van der Waals surface area (Å²) in [6.45, 7) is 0.896. The van der Waals surface area contributed by atoms with E-state index in [2.05, 4.69) is 10.4 Å². The Labute approximate surface area is 134 Å². The summed E-state index contributed by atoms with van der Waals surface area (Å²) in [5.74, 6) is 0.303. The smallest absolute Gasteiger partial charge is 0.271 e. The number of hydrogen-bond acceptors (Lipinski definition) is 5. The van der Waals surface area contributed by atoms with Gasteiger partial charge in [0.1, 0.15) is 18.1 Å². The van der Waals surface area contributed by atoms with Crippen molar-refractivity contribution in [1.82, 2.24) is 5.01 Å². The monoisotopic (exact) mass is 326 g/mol. The second-order valence-electron chi connectivity index (χ2n) is 4.58. The van der Waals surface area contributed by atoms with Crippen LogP contribution < -0.4 is 15.8 Å². The second kappa shape index (κ2) is 8.35. The van der Waals surface area contributed by atoms with E-state index in [4.69, 9.17) is 10.5 Å². The Morgan fingerprint density at radius 1 is 1.36 bits per heavy atom. The number of rotatable bonds is 5. The lowest BCUT2D eigenvalue weighted by molar-refractivity contribution is -0.130. The third-order valence-corrected chi connectivity index (χ3v) is 2.97. The fourth-order valence-electron chi connectivity index (χ4n) is 1.85. The molecule has 0 bridgehead atoms. The molecule has 2 amide bonds. The molecule has 1 aliphatic rings. The van der Waals surface area contributed by atoms with Crippen LogP contribution in [0.4, 0.5) is 5.69 Å². The lowest BCUT2D eigenvalue weighted by atomic mass is 10.1. The number of hydrazone groups is 1. The minimum Gasteiger partial charge on any atom is -0.492 e. The molecule has 0 atom stereocenters. The van der Waals surface area contributed by atoms with Gasteiger partial charge in [0.25, 0.3) is 5.91 Å². The molecule has 3 N–H and O–H groups in total. The van der Waals surface area contributed by atoms with Crippen molar-refractivity contribution in [3.05, 3.63) is 24.3 Å². The number of amides is 2. The molecule has 1 aromatic carbocycles. The van der Waals surface area contributed by atoms with E-state index in [1.165, 1.54) is 5.01 Å². The Balaban J connectivity index is 0.00000242. The third kappa shape index (κ3) is 4.71. The highest BCUT2D eigenvalue weighted by molar-refractivity contribution is 6.43. The van der Waals surface area contributed by atoms with Gasteiger partial charge in [-0.3, -0.25) is 9.59 Å². The van der Waals surface area contributed by atoms with Gasteiger partial charge in [-0.05, 0) is 24.3 Å². The predicted octanol–water partition coefficient (Wildman–Crippen LogP) is 0.993. The minimum atomic E-state index is -0.301. The summed E-state index contributed by atoms with van der Waals surface area (Å²) >= 11 is 0. The molecule has 0 unspecified atom stereocenters. The van der Waals surface area contributed by atoms with Gasteiger partial charge in [-0.15, -0.1) is 12.4 Å². The molecule has 7 nitrogen and oxygen atoms in total. The summed E-state index contributed by atoms with van der Waals surface area (Å²) < 4.78 is 5.35. The summed E-state index contributed by atoms with van der Waals surface area (Å²) in [5.41, 5.74) is 6.34. The maximum absolute atomic E-state index is 12.0. The average molecular weight is 327 g/mol. The van der Waals surface area contributed by atoms with Crippen LogP contribution in [0.3, 0.4) is 0 Å². The van der Waals surface area contributed by atoms with Crippen molar-refractivity contribution < 1.29 is 14.3 Å². The highest BCUT2D eigenvalue weighted by atomic mass is 35.5. The van der Waals surface area contributed by atoms with E-state index in [0.29, 0.717) is 43.1 Å². The van der Waals surface area contributed by atoms with Crippen LogP contribution in [0, 0.1) is 0 Å². The summed E-state index contributed by atoms with van der Waals surface area (Å²) in [5, 5.41) is 7.91. The van der Waals surface area contributed by atoms with Crippen molar-refractivity contribution in [2.75, 3.05) is 25.5 Å². The number of carbonyl (C=O) groups is 2. The zero-order valence-electron chi connectivity index (χ0n) is 12.2. The van der Waals surface area contributed by atoms with Crippen LogP contribution in [-0.4, -0.2) is 42.7 Å². The zero-order chi connectivity index (χ0) is 15.2. The van der Waals surface area contributed by atoms with Crippen LogP contribution in [0.15, 0.2) is 29.4 Å². The van der Waals surface area contributed by atoms with Crippen LogP contribution in [0.1, 0.15) is 12.8 Å². The second-order valence-corrected chi connectivity index (χ2v) is 4.58. The highest BCUT2D eigenvalue weighted by Crippen LogP contribution is 2.16. The van der Waals surface area contributed by atoms with Crippen LogP contribution >= 0.6 is 12.4 Å². The molecule has 1 aromatic rings. The first-order valence-electron chi connectivity index (χ1n) is 6.68. The van der Waals surface area contributed by atoms with Crippen molar-refractivity contribution in [1.29, 1.82) is 0 Å². The van der Waals surface area contributed by atoms with Crippen LogP contribution in [0.5, 0.6) is 5.75 Å². The van der Waals surface area contributed by atoms with E-state index in [-0.39, 0.29) is 24.2 Å². The molecule has 0 radical (unpaired) electrons. The Morgan fingerprint density at radius 2 is 2.05 bits per heavy atom. The van der Waals surface area contributed by atoms with Crippen LogP contribution in [0.2, 0.25) is 0 Å². The Kier molecular flexibility index (Phi) is 6.81. The molecular formula is C14H19ClN4O3. The number of benzene rings is 1. The summed E-state index contributed by atoms with van der Waals surface area (Å²) in [6, 6.07) is 6.98. The average Bonchev–Trinajstić information content (AvgIpc) is 2.49. The molecule has 8 heteroatoms. The normalized spacial score (nSPS) is 14.0. The molecular weight excluding hydrogens is 308 g/mol. The van der Waals surface area contributed by atoms with Gasteiger partial charge >= 0.3 is 0 Å². The number of nitrogens with zero attached hydrogens (tertiary/aromatic N) is 2. The molecule has 0 aliphatic carbocycles. The van der Waals surface area contributed by atoms with Gasteiger partial charge < -0.3 is 15.8 Å². The number of hydrogen-bond donors (Lipinski definition) is 2. The van der Waals surface area contributed by atoms with Gasteiger partial charge in [0.2, 0.25) is 5.91 Å². The lowest BCUT2D eigenvalue weighted by Crippen LogP contribution is -2.34. The molecule has 0 saturated carbocycles. The fourth-order valence-corrected chi connectivity index (χ4v) is 1.85. The van der Waals surface area contributed by atoms with Crippen molar-refractivity contribution in [3.63, 3.8) is 0 Å². The summed E-state index contributed by atoms with van der Waals surface area (Å²) in [7, 11) is 1.54. The highest BCUT2D eigenvalue weighted by Gasteiger charge is 2.21. The molecule has 2 rings (SSSR count). The van der Waals surface area contributed by atoms with Crippen molar-refractivity contribution >= 4 is 35.6 Å². The maximum Gasteiger partial charge on any atom is 0.271 e. The van der Waals surface area contributed by atoms with E-state index in [1.54, 1.807) is 31.3 Å². The Bertz CT molecular complexity index is 560. The topological polar surface area (TPSA) is 97.0 Å². The first-order valence-corrected chi connectivity index (χ1v) is 6.68. The van der Waals surface area contributed by atoms with E-state index < -0.39 is 0 Å². The van der Waals surface area contributed by atoms with Gasteiger partial charge in [0, 0.05) is 32.1 Å². The molecule has 0 aromatic heterocycles. The Hall–Kier alpha value is -2.12. The van der Waals surface area contributed by atoms with Gasteiger partial charge in [-0.1, -0.05) is 0 Å². The summed E-state index contributed by atoms with van der Waals surface area (Å²) in [4.78, 5) is 23.4. The zero-order valence-corrected chi connectivity index (χ0v) is 13.1. The van der Waals surface area contributed by atoms with Crippen molar-refractivity contribution in [2.24, 2.45) is 10.8 Å². The van der Waals surface area contributed by atoms with Crippen molar-refractivity contribution in [2.45, 2.75) is 12.8 Å². The van der Waals surface area contributed by atoms with E-state index in [1.807, 2.05) is 0 Å². The van der Waals surface area contributed by atoms with E-state index >= 15 is 0 Å². The largest absolute Gasteiger partial charge is 0.492 e. The maximum atomic E-state index is 12.0. The van der Waals surface area contributed by atoms with Crippen LogP contribution in [-0.2, 0) is 9.59 Å². The number of ether oxygens (including phenoxy) is 1. The quantitative estimate of drug-likeness (QED) is 0.843.